The van der Waals surface area contributed by atoms with E-state index in [0.29, 0.717) is 12.4 Å². The van der Waals surface area contributed by atoms with Gasteiger partial charge in [-0.1, -0.05) is 58.4 Å². The van der Waals surface area contributed by atoms with Gasteiger partial charge in [0.25, 0.3) is 5.69 Å². The van der Waals surface area contributed by atoms with Crippen molar-refractivity contribution in [3.8, 4) is 17.0 Å². The summed E-state index contributed by atoms with van der Waals surface area (Å²) in [6, 6.07) is 30.0. The fraction of sp³-hybridized carbons (Fsp3) is 0.100. The van der Waals surface area contributed by atoms with Gasteiger partial charge in [-0.2, -0.15) is 5.10 Å². The third-order valence-corrected chi connectivity index (χ3v) is 7.21. The fourth-order valence-corrected chi connectivity index (χ4v) is 5.10. The fourth-order valence-electron chi connectivity index (χ4n) is 4.74. The van der Waals surface area contributed by atoms with Crippen molar-refractivity contribution in [3.05, 3.63) is 123 Å². The van der Waals surface area contributed by atoms with E-state index in [1.807, 2.05) is 77.8 Å². The molecule has 0 N–H and O–H groups in total. The van der Waals surface area contributed by atoms with Gasteiger partial charge in [-0.05, 0) is 53.6 Å². The Morgan fingerprint density at radius 2 is 1.67 bits per heavy atom. The van der Waals surface area contributed by atoms with Gasteiger partial charge < -0.3 is 4.74 Å². The van der Waals surface area contributed by atoms with Crippen molar-refractivity contribution in [3.63, 3.8) is 0 Å². The lowest BCUT2D eigenvalue weighted by Crippen LogP contribution is -2.21. The molecular formula is C30H22BrN5O3. The molecule has 1 aliphatic rings. The van der Waals surface area contributed by atoms with Gasteiger partial charge in [-0.15, -0.1) is 0 Å². The molecule has 0 amide bonds. The summed E-state index contributed by atoms with van der Waals surface area (Å²) in [7, 11) is 1.63. The molecule has 5 aromatic rings. The lowest BCUT2D eigenvalue weighted by Gasteiger charge is -2.23. The Labute approximate surface area is 232 Å². The molecule has 1 atom stereocenters. The molecule has 39 heavy (non-hydrogen) atoms. The summed E-state index contributed by atoms with van der Waals surface area (Å²) in [5.41, 5.74) is 5.30. The van der Waals surface area contributed by atoms with Crippen molar-refractivity contribution in [2.45, 2.75) is 12.5 Å². The smallest absolute Gasteiger partial charge is 0.269 e. The minimum atomic E-state index is -0.397. The van der Waals surface area contributed by atoms with Crippen LogP contribution in [-0.4, -0.2) is 27.7 Å². The van der Waals surface area contributed by atoms with E-state index in [0.717, 1.165) is 49.2 Å². The second-order valence-corrected chi connectivity index (χ2v) is 10.0. The van der Waals surface area contributed by atoms with Gasteiger partial charge in [0.2, 0.25) is 5.95 Å². The molecule has 2 heterocycles. The molecule has 9 heteroatoms. The first-order valence-electron chi connectivity index (χ1n) is 12.3. The Bertz CT molecular complexity index is 1710. The van der Waals surface area contributed by atoms with Crippen LogP contribution in [0.4, 0.5) is 11.6 Å². The van der Waals surface area contributed by atoms with E-state index in [-0.39, 0.29) is 11.7 Å². The number of hydrogen-bond donors (Lipinski definition) is 0. The minimum Gasteiger partial charge on any atom is -0.497 e. The maximum absolute atomic E-state index is 11.3. The zero-order chi connectivity index (χ0) is 26.9. The van der Waals surface area contributed by atoms with Crippen LogP contribution in [0.1, 0.15) is 23.6 Å². The lowest BCUT2D eigenvalue weighted by atomic mass is 9.98. The summed E-state index contributed by atoms with van der Waals surface area (Å²) in [5.74, 6) is 1.22. The Hall–Kier alpha value is -4.63. The summed E-state index contributed by atoms with van der Waals surface area (Å²) in [6.45, 7) is 0. The molecule has 0 spiro atoms. The Kier molecular flexibility index (Phi) is 6.50. The van der Waals surface area contributed by atoms with Gasteiger partial charge in [-0.3, -0.25) is 10.1 Å². The highest BCUT2D eigenvalue weighted by Gasteiger charge is 2.32. The van der Waals surface area contributed by atoms with Crippen molar-refractivity contribution in [2.75, 3.05) is 12.1 Å². The number of benzene rings is 4. The van der Waals surface area contributed by atoms with Crippen LogP contribution >= 0.6 is 15.9 Å². The Morgan fingerprint density at radius 1 is 0.923 bits per heavy atom. The van der Waals surface area contributed by atoms with Crippen LogP contribution in [0.5, 0.6) is 5.75 Å². The van der Waals surface area contributed by atoms with Gasteiger partial charge in [0.1, 0.15) is 5.75 Å². The van der Waals surface area contributed by atoms with Crippen molar-refractivity contribution in [2.24, 2.45) is 5.10 Å². The predicted octanol–water partition coefficient (Wildman–Crippen LogP) is 7.33. The number of hydrogen-bond acceptors (Lipinski definition) is 7. The van der Waals surface area contributed by atoms with E-state index >= 15 is 0 Å². The zero-order valence-electron chi connectivity index (χ0n) is 20.9. The Balaban J connectivity index is 1.51. The zero-order valence-corrected chi connectivity index (χ0v) is 22.4. The number of nitrogens with zero attached hydrogens (tertiary/aromatic N) is 5. The van der Waals surface area contributed by atoms with Crippen molar-refractivity contribution in [1.82, 2.24) is 9.97 Å². The second-order valence-electron chi connectivity index (χ2n) is 9.09. The highest BCUT2D eigenvalue weighted by Crippen LogP contribution is 2.38. The predicted molar refractivity (Wildman–Crippen MR) is 155 cm³/mol. The molecular weight excluding hydrogens is 558 g/mol. The number of nitro groups is 1. The van der Waals surface area contributed by atoms with Crippen LogP contribution in [-0.2, 0) is 0 Å². The summed E-state index contributed by atoms with van der Waals surface area (Å²) in [6.07, 6.45) is 0.576. The van der Waals surface area contributed by atoms with Crippen LogP contribution < -0.4 is 9.75 Å². The van der Waals surface area contributed by atoms with Gasteiger partial charge in [0.05, 0.1) is 35.0 Å². The third-order valence-electron chi connectivity index (χ3n) is 6.72. The molecule has 0 saturated carbocycles. The number of methoxy groups -OCH3 is 1. The average molecular weight is 580 g/mol. The first-order chi connectivity index (χ1) is 19.0. The molecule has 0 saturated heterocycles. The first kappa shape index (κ1) is 24.7. The quantitative estimate of drug-likeness (QED) is 0.154. The lowest BCUT2D eigenvalue weighted by molar-refractivity contribution is -0.384. The van der Waals surface area contributed by atoms with Crippen LogP contribution in [0.2, 0.25) is 0 Å². The first-order valence-corrected chi connectivity index (χ1v) is 13.1. The van der Waals surface area contributed by atoms with E-state index in [1.54, 1.807) is 19.2 Å². The van der Waals surface area contributed by atoms with Gasteiger partial charge in [0.15, 0.2) is 0 Å². The SMILES string of the molecule is COc1ccc(C2=NN(c3nc(-c4ccccc4)c4cc(Br)ccc4n3)C(c3ccc([N+](=O)[O-])cc3)C2)cc1. The van der Waals surface area contributed by atoms with E-state index in [9.17, 15) is 10.1 Å². The number of rotatable bonds is 6. The molecule has 0 bridgehead atoms. The van der Waals surface area contributed by atoms with Crippen molar-refractivity contribution < 1.29 is 9.66 Å². The number of ether oxygens (including phenoxy) is 1. The standard InChI is InChI=1S/C30H22BrN5O3/c1-39-24-14-9-19(10-15-24)27-18-28(20-7-12-23(13-8-20)36(37)38)35(34-27)30-32-26-16-11-22(31)17-25(26)29(33-30)21-5-3-2-4-6-21/h2-17,28H,18H2,1H3. The number of halogens is 1. The molecule has 6 rings (SSSR count). The van der Waals surface area contributed by atoms with E-state index in [4.69, 9.17) is 19.8 Å². The largest absolute Gasteiger partial charge is 0.497 e. The van der Waals surface area contributed by atoms with Crippen molar-refractivity contribution >= 4 is 44.2 Å². The summed E-state index contributed by atoms with van der Waals surface area (Å²) in [4.78, 5) is 20.8. The summed E-state index contributed by atoms with van der Waals surface area (Å²) < 4.78 is 6.26. The molecule has 192 valence electrons. The van der Waals surface area contributed by atoms with Crippen LogP contribution in [0.15, 0.2) is 107 Å². The number of hydrazone groups is 1. The molecule has 0 radical (unpaired) electrons. The minimum absolute atomic E-state index is 0.0403. The van der Waals surface area contributed by atoms with E-state index in [1.165, 1.54) is 12.1 Å². The molecule has 1 aromatic heterocycles. The maximum atomic E-state index is 11.3. The molecule has 8 nitrogen and oxygen atoms in total. The number of nitro benzene ring substituents is 1. The highest BCUT2D eigenvalue weighted by molar-refractivity contribution is 9.10. The maximum Gasteiger partial charge on any atom is 0.269 e. The average Bonchev–Trinajstić information content (AvgIpc) is 3.43. The van der Waals surface area contributed by atoms with Crippen molar-refractivity contribution in [1.29, 1.82) is 0 Å². The molecule has 4 aromatic carbocycles. The van der Waals surface area contributed by atoms with Crippen LogP contribution in [0.25, 0.3) is 22.2 Å². The van der Waals surface area contributed by atoms with Crippen LogP contribution in [0, 0.1) is 10.1 Å². The normalized spacial score (nSPS) is 14.9. The summed E-state index contributed by atoms with van der Waals surface area (Å²) in [5, 5.41) is 19.0. The molecule has 0 aliphatic carbocycles. The van der Waals surface area contributed by atoms with Crippen LogP contribution in [0.3, 0.4) is 0 Å². The molecule has 1 aliphatic heterocycles. The number of fused-ring (bicyclic) bond motifs is 1. The summed E-state index contributed by atoms with van der Waals surface area (Å²) >= 11 is 3.58. The van der Waals surface area contributed by atoms with Gasteiger partial charge >= 0.3 is 0 Å². The van der Waals surface area contributed by atoms with Gasteiger partial charge in [0, 0.05) is 34.0 Å². The topological polar surface area (TPSA) is 93.8 Å². The molecule has 0 fully saturated rings. The second kappa shape index (κ2) is 10.3. The highest BCUT2D eigenvalue weighted by atomic mass is 79.9. The molecule has 1 unspecified atom stereocenters. The Morgan fingerprint density at radius 3 is 2.36 bits per heavy atom. The van der Waals surface area contributed by atoms with Gasteiger partial charge in [-0.25, -0.2) is 15.0 Å². The monoisotopic (exact) mass is 579 g/mol. The third kappa shape index (κ3) is 4.84. The van der Waals surface area contributed by atoms with E-state index in [2.05, 4.69) is 15.9 Å². The van der Waals surface area contributed by atoms with E-state index < -0.39 is 4.92 Å². The number of aromatic nitrogens is 2. The number of anilines is 1. The number of non-ortho nitro benzene ring substituents is 1.